The molecular weight excluding hydrogens is 518 g/mol. The first-order valence-electron chi connectivity index (χ1n) is 12.5. The molecule has 3 N–H and O–H groups in total. The minimum Gasteiger partial charge on any atom is -0.493 e. The molecule has 2 heterocycles. The number of hydrogen-bond donors (Lipinski definition) is 2. The highest BCUT2D eigenvalue weighted by Gasteiger charge is 2.40. The smallest absolute Gasteiger partial charge is 0.419 e. The molecule has 3 aromatic rings. The Kier molecular flexibility index (Phi) is 8.08. The van der Waals surface area contributed by atoms with Gasteiger partial charge in [0.15, 0.2) is 11.5 Å². The van der Waals surface area contributed by atoms with Gasteiger partial charge in [-0.2, -0.15) is 13.2 Å². The molecule has 0 saturated carbocycles. The standard InChI is InChI=1S/C27H33F4N5O3/c1-15(18-9-17(32)10-20(24(18)28)27(29,30)31)33-25-19-11-23(22(38-5)12-21(19)34-16(2)35-25)39-14-26(13-37-4)7-6-8-36(26)3/h9-12,15H,6-8,13-14,32H2,1-5H3,(H,33,34,35)/t15-,26+/m1/s1. The number of rotatable bonds is 9. The second-order valence-corrected chi connectivity index (χ2v) is 9.95. The number of nitrogen functional groups attached to an aromatic ring is 1. The number of methoxy groups -OCH3 is 2. The number of ether oxygens (including phenoxy) is 3. The first kappa shape index (κ1) is 28.6. The van der Waals surface area contributed by atoms with E-state index in [0.717, 1.165) is 19.4 Å². The van der Waals surface area contributed by atoms with Crippen LogP contribution in [0, 0.1) is 12.7 Å². The van der Waals surface area contributed by atoms with Crippen molar-refractivity contribution in [1.29, 1.82) is 0 Å². The van der Waals surface area contributed by atoms with E-state index >= 15 is 0 Å². The predicted molar refractivity (Wildman–Crippen MR) is 141 cm³/mol. The molecule has 1 fully saturated rings. The van der Waals surface area contributed by atoms with Gasteiger partial charge >= 0.3 is 6.18 Å². The molecule has 0 bridgehead atoms. The minimum atomic E-state index is -4.89. The zero-order valence-corrected chi connectivity index (χ0v) is 22.6. The number of nitrogens with zero attached hydrogens (tertiary/aromatic N) is 3. The van der Waals surface area contributed by atoms with E-state index in [4.69, 9.17) is 19.9 Å². The van der Waals surface area contributed by atoms with Gasteiger partial charge < -0.3 is 25.3 Å². The molecule has 1 aliphatic rings. The number of nitrogens with two attached hydrogens (primary N) is 1. The fraction of sp³-hybridized carbons (Fsp3) is 0.481. The summed E-state index contributed by atoms with van der Waals surface area (Å²) in [6.45, 7) is 4.99. The number of aryl methyl sites for hydroxylation is 1. The van der Waals surface area contributed by atoms with Crippen LogP contribution in [0.25, 0.3) is 10.9 Å². The van der Waals surface area contributed by atoms with Gasteiger partial charge in [-0.3, -0.25) is 4.90 Å². The SMILES string of the molecule is COC[C@]1(COc2cc3c(N[C@H](C)c4cc(N)cc(C(F)(F)F)c4F)nc(C)nc3cc2OC)CCCN1C. The summed E-state index contributed by atoms with van der Waals surface area (Å²) in [4.78, 5) is 11.2. The maximum atomic E-state index is 14.9. The molecule has 12 heteroatoms. The van der Waals surface area contributed by atoms with Crippen LogP contribution in [0.1, 0.15) is 42.8 Å². The molecular formula is C27H33F4N5O3. The van der Waals surface area contributed by atoms with Crippen molar-refractivity contribution >= 4 is 22.4 Å². The highest BCUT2D eigenvalue weighted by atomic mass is 19.4. The Morgan fingerprint density at radius 1 is 1.13 bits per heavy atom. The maximum absolute atomic E-state index is 14.9. The van der Waals surface area contributed by atoms with Crippen LogP contribution in [0.2, 0.25) is 0 Å². The lowest BCUT2D eigenvalue weighted by Gasteiger charge is -2.35. The van der Waals surface area contributed by atoms with Crippen LogP contribution in [0.5, 0.6) is 11.5 Å². The van der Waals surface area contributed by atoms with Crippen LogP contribution in [0.3, 0.4) is 0 Å². The van der Waals surface area contributed by atoms with Crippen LogP contribution >= 0.6 is 0 Å². The molecule has 0 unspecified atom stereocenters. The lowest BCUT2D eigenvalue weighted by molar-refractivity contribution is -0.140. The molecule has 0 radical (unpaired) electrons. The van der Waals surface area contributed by atoms with E-state index in [2.05, 4.69) is 20.2 Å². The number of nitrogens with one attached hydrogen (secondary N) is 1. The van der Waals surface area contributed by atoms with Crippen molar-refractivity contribution in [2.45, 2.75) is 44.4 Å². The van der Waals surface area contributed by atoms with Crippen molar-refractivity contribution in [3.8, 4) is 11.5 Å². The third kappa shape index (κ3) is 5.81. The molecule has 0 amide bonds. The van der Waals surface area contributed by atoms with Gasteiger partial charge in [-0.05, 0) is 58.5 Å². The first-order valence-corrected chi connectivity index (χ1v) is 12.5. The second kappa shape index (κ2) is 11.0. The molecule has 1 aliphatic heterocycles. The molecule has 0 aliphatic carbocycles. The fourth-order valence-corrected chi connectivity index (χ4v) is 5.07. The van der Waals surface area contributed by atoms with Gasteiger partial charge in [-0.15, -0.1) is 0 Å². The Hall–Kier alpha value is -3.38. The molecule has 1 aromatic heterocycles. The fourth-order valence-electron chi connectivity index (χ4n) is 5.07. The maximum Gasteiger partial charge on any atom is 0.419 e. The molecule has 2 atom stereocenters. The Bertz CT molecular complexity index is 1350. The van der Waals surface area contributed by atoms with Gasteiger partial charge in [0.05, 0.1) is 36.4 Å². The normalized spacial score (nSPS) is 18.9. The molecule has 39 heavy (non-hydrogen) atoms. The van der Waals surface area contributed by atoms with Crippen molar-refractivity contribution in [3.63, 3.8) is 0 Å². The van der Waals surface area contributed by atoms with Crippen LogP contribution in [0.4, 0.5) is 29.1 Å². The largest absolute Gasteiger partial charge is 0.493 e. The third-order valence-corrected chi connectivity index (χ3v) is 7.20. The Morgan fingerprint density at radius 2 is 1.87 bits per heavy atom. The van der Waals surface area contributed by atoms with E-state index < -0.39 is 23.6 Å². The molecule has 4 rings (SSSR count). The molecule has 0 spiro atoms. The first-order chi connectivity index (χ1) is 18.4. The molecule has 1 saturated heterocycles. The van der Waals surface area contributed by atoms with E-state index in [1.807, 2.05) is 7.05 Å². The number of fused-ring (bicyclic) bond motifs is 1. The lowest BCUT2D eigenvalue weighted by Crippen LogP contribution is -2.50. The van der Waals surface area contributed by atoms with Crippen molar-refractivity contribution in [3.05, 3.63) is 47.0 Å². The minimum absolute atomic E-state index is 0.196. The number of anilines is 2. The average molecular weight is 552 g/mol. The van der Waals surface area contributed by atoms with E-state index in [9.17, 15) is 17.6 Å². The number of hydrogen-bond acceptors (Lipinski definition) is 8. The van der Waals surface area contributed by atoms with Crippen LogP contribution in [-0.2, 0) is 10.9 Å². The van der Waals surface area contributed by atoms with Crippen LogP contribution < -0.4 is 20.5 Å². The summed E-state index contributed by atoms with van der Waals surface area (Å²) < 4.78 is 72.4. The van der Waals surface area contributed by atoms with Crippen LogP contribution in [-0.4, -0.2) is 61.4 Å². The topological polar surface area (TPSA) is 94.8 Å². The summed E-state index contributed by atoms with van der Waals surface area (Å²) in [6, 6.07) is 4.29. The summed E-state index contributed by atoms with van der Waals surface area (Å²) in [5, 5.41) is 3.58. The Labute approximate surface area is 224 Å². The van der Waals surface area contributed by atoms with Crippen molar-refractivity contribution in [1.82, 2.24) is 14.9 Å². The number of likely N-dealkylation sites (tertiary alicyclic amines) is 1. The zero-order chi connectivity index (χ0) is 28.5. The summed E-state index contributed by atoms with van der Waals surface area (Å²) in [5.74, 6) is 0.227. The van der Waals surface area contributed by atoms with E-state index in [1.54, 1.807) is 26.2 Å². The predicted octanol–water partition coefficient (Wildman–Crippen LogP) is 5.35. The molecule has 8 nitrogen and oxygen atoms in total. The monoisotopic (exact) mass is 551 g/mol. The summed E-state index contributed by atoms with van der Waals surface area (Å²) >= 11 is 0. The quantitative estimate of drug-likeness (QED) is 0.272. The number of halogens is 4. The van der Waals surface area contributed by atoms with Crippen molar-refractivity contribution in [2.75, 3.05) is 52.1 Å². The third-order valence-electron chi connectivity index (χ3n) is 7.20. The van der Waals surface area contributed by atoms with Gasteiger partial charge in [0, 0.05) is 29.8 Å². The number of benzene rings is 2. The van der Waals surface area contributed by atoms with Crippen molar-refractivity contribution < 1.29 is 31.8 Å². The molecule has 2 aromatic carbocycles. The lowest BCUT2D eigenvalue weighted by atomic mass is 9.99. The Morgan fingerprint density at radius 3 is 2.49 bits per heavy atom. The van der Waals surface area contributed by atoms with Gasteiger partial charge in [-0.1, -0.05) is 0 Å². The van der Waals surface area contributed by atoms with Gasteiger partial charge in [-0.25, -0.2) is 14.4 Å². The van der Waals surface area contributed by atoms with Gasteiger partial charge in [0.1, 0.15) is 24.1 Å². The Balaban J connectivity index is 1.71. The molecule has 212 valence electrons. The number of aromatic nitrogens is 2. The summed E-state index contributed by atoms with van der Waals surface area (Å²) in [6.07, 6.45) is -2.96. The van der Waals surface area contributed by atoms with Gasteiger partial charge in [0.2, 0.25) is 0 Å². The second-order valence-electron chi connectivity index (χ2n) is 9.95. The van der Waals surface area contributed by atoms with E-state index in [0.29, 0.717) is 53.3 Å². The van der Waals surface area contributed by atoms with Gasteiger partial charge in [0.25, 0.3) is 0 Å². The number of likely N-dealkylation sites (N-methyl/N-ethyl adjacent to an activating group) is 1. The summed E-state index contributed by atoms with van der Waals surface area (Å²) in [7, 11) is 5.22. The van der Waals surface area contributed by atoms with Crippen LogP contribution in [0.15, 0.2) is 24.3 Å². The average Bonchev–Trinajstić information content (AvgIpc) is 3.22. The number of alkyl halides is 3. The van der Waals surface area contributed by atoms with Crippen molar-refractivity contribution in [2.24, 2.45) is 0 Å². The highest BCUT2D eigenvalue weighted by Crippen LogP contribution is 2.39. The van der Waals surface area contributed by atoms with E-state index in [-0.39, 0.29) is 16.8 Å². The highest BCUT2D eigenvalue weighted by molar-refractivity contribution is 5.92. The van der Waals surface area contributed by atoms with E-state index in [1.165, 1.54) is 20.1 Å². The zero-order valence-electron chi connectivity index (χ0n) is 22.6. The summed E-state index contributed by atoms with van der Waals surface area (Å²) in [5.41, 5.74) is 4.06.